The SMILES string of the molecule is O=C(Nc1ccc(C(=O)O)s1)c1ccc2[nH]ccc2c1. The second-order valence-electron chi connectivity index (χ2n) is 4.20. The van der Waals surface area contributed by atoms with Gasteiger partial charge in [0.15, 0.2) is 0 Å². The quantitative estimate of drug-likeness (QED) is 0.691. The maximum Gasteiger partial charge on any atom is 0.345 e. The zero-order valence-electron chi connectivity index (χ0n) is 10.2. The first-order valence-corrected chi connectivity index (χ1v) is 6.67. The van der Waals surface area contributed by atoms with Crippen LogP contribution < -0.4 is 5.32 Å². The van der Waals surface area contributed by atoms with Gasteiger partial charge in [-0.25, -0.2) is 4.79 Å². The highest BCUT2D eigenvalue weighted by Crippen LogP contribution is 2.23. The highest BCUT2D eigenvalue weighted by Gasteiger charge is 2.11. The van der Waals surface area contributed by atoms with Crippen LogP contribution in [0.4, 0.5) is 5.00 Å². The van der Waals surface area contributed by atoms with E-state index >= 15 is 0 Å². The van der Waals surface area contributed by atoms with Gasteiger partial charge in [-0.3, -0.25) is 4.79 Å². The van der Waals surface area contributed by atoms with E-state index in [4.69, 9.17) is 5.11 Å². The van der Waals surface area contributed by atoms with Gasteiger partial charge in [0.2, 0.25) is 0 Å². The first kappa shape index (κ1) is 12.4. The third-order valence-corrected chi connectivity index (χ3v) is 3.86. The molecule has 3 N–H and O–H groups in total. The Morgan fingerprint density at radius 3 is 2.75 bits per heavy atom. The number of aromatic nitrogens is 1. The zero-order chi connectivity index (χ0) is 14.1. The molecule has 20 heavy (non-hydrogen) atoms. The smallest absolute Gasteiger partial charge is 0.345 e. The van der Waals surface area contributed by atoms with Crippen molar-refractivity contribution in [1.29, 1.82) is 0 Å². The Morgan fingerprint density at radius 2 is 2.00 bits per heavy atom. The monoisotopic (exact) mass is 286 g/mol. The van der Waals surface area contributed by atoms with E-state index in [1.54, 1.807) is 18.2 Å². The van der Waals surface area contributed by atoms with E-state index in [0.717, 1.165) is 22.2 Å². The van der Waals surface area contributed by atoms with Crippen molar-refractivity contribution in [3.8, 4) is 0 Å². The maximum atomic E-state index is 12.1. The molecule has 0 saturated carbocycles. The molecule has 3 aromatic rings. The van der Waals surface area contributed by atoms with Crippen LogP contribution in [-0.2, 0) is 0 Å². The van der Waals surface area contributed by atoms with Gasteiger partial charge in [0, 0.05) is 22.7 Å². The second-order valence-corrected chi connectivity index (χ2v) is 5.29. The van der Waals surface area contributed by atoms with Crippen LogP contribution >= 0.6 is 11.3 Å². The molecule has 2 aromatic heterocycles. The molecule has 3 rings (SSSR count). The number of aromatic carboxylic acids is 1. The molecule has 5 nitrogen and oxygen atoms in total. The van der Waals surface area contributed by atoms with Gasteiger partial charge in [-0.2, -0.15) is 0 Å². The zero-order valence-corrected chi connectivity index (χ0v) is 11.0. The number of carbonyl (C=O) groups is 2. The van der Waals surface area contributed by atoms with E-state index in [1.165, 1.54) is 6.07 Å². The van der Waals surface area contributed by atoms with E-state index < -0.39 is 5.97 Å². The standard InChI is InChI=1S/C14H10N2O3S/c17-13(16-12-4-3-11(20-12)14(18)19)9-1-2-10-8(7-9)5-6-15-10/h1-7,15H,(H,16,17)(H,18,19). The number of hydrogen-bond acceptors (Lipinski definition) is 3. The van der Waals surface area contributed by atoms with E-state index in [1.807, 2.05) is 18.3 Å². The molecule has 100 valence electrons. The molecule has 0 atom stereocenters. The summed E-state index contributed by atoms with van der Waals surface area (Å²) in [5.41, 5.74) is 1.49. The summed E-state index contributed by atoms with van der Waals surface area (Å²) in [6.07, 6.45) is 1.81. The van der Waals surface area contributed by atoms with Gasteiger partial charge in [-0.05, 0) is 36.4 Å². The number of carboxylic acids is 1. The minimum absolute atomic E-state index is 0.196. The molecule has 0 saturated heterocycles. The summed E-state index contributed by atoms with van der Waals surface area (Å²) in [4.78, 5) is 26.1. The lowest BCUT2D eigenvalue weighted by molar-refractivity contribution is 0.0702. The molecule has 0 bridgehead atoms. The van der Waals surface area contributed by atoms with Crippen LogP contribution in [0.25, 0.3) is 10.9 Å². The summed E-state index contributed by atoms with van der Waals surface area (Å²) in [5.74, 6) is -1.25. The molecule has 2 heterocycles. The van der Waals surface area contributed by atoms with Crippen molar-refractivity contribution in [2.75, 3.05) is 5.32 Å². The molecular formula is C14H10N2O3S. The number of aromatic amines is 1. The summed E-state index contributed by atoms with van der Waals surface area (Å²) in [6, 6.07) is 10.3. The molecule has 0 unspecified atom stereocenters. The largest absolute Gasteiger partial charge is 0.477 e. The van der Waals surface area contributed by atoms with Gasteiger partial charge in [0.25, 0.3) is 5.91 Å². The highest BCUT2D eigenvalue weighted by molar-refractivity contribution is 7.18. The van der Waals surface area contributed by atoms with Gasteiger partial charge in [-0.15, -0.1) is 11.3 Å². The lowest BCUT2D eigenvalue weighted by Crippen LogP contribution is -2.10. The van der Waals surface area contributed by atoms with Crippen molar-refractivity contribution in [3.05, 3.63) is 53.0 Å². The number of nitrogens with one attached hydrogen (secondary N) is 2. The minimum Gasteiger partial charge on any atom is -0.477 e. The molecular weight excluding hydrogens is 276 g/mol. The van der Waals surface area contributed by atoms with Crippen molar-refractivity contribution in [1.82, 2.24) is 4.98 Å². The Bertz CT molecular complexity index is 803. The van der Waals surface area contributed by atoms with Crippen LogP contribution in [0.1, 0.15) is 20.0 Å². The topological polar surface area (TPSA) is 82.2 Å². The van der Waals surface area contributed by atoms with Gasteiger partial charge in [0.1, 0.15) is 4.88 Å². The Balaban J connectivity index is 1.82. The molecule has 0 aliphatic rings. The number of hydrogen-bond donors (Lipinski definition) is 3. The fraction of sp³-hybridized carbons (Fsp3) is 0. The minimum atomic E-state index is -0.996. The van der Waals surface area contributed by atoms with Crippen LogP contribution in [0.2, 0.25) is 0 Å². The molecule has 0 radical (unpaired) electrons. The average molecular weight is 286 g/mol. The number of carbonyl (C=O) groups excluding carboxylic acids is 1. The maximum absolute atomic E-state index is 12.1. The summed E-state index contributed by atoms with van der Waals surface area (Å²) < 4.78 is 0. The molecule has 0 aliphatic heterocycles. The first-order chi connectivity index (χ1) is 9.63. The number of carboxylic acid groups (broad SMARTS) is 1. The van der Waals surface area contributed by atoms with Crippen LogP contribution in [0.5, 0.6) is 0 Å². The highest BCUT2D eigenvalue weighted by atomic mass is 32.1. The van der Waals surface area contributed by atoms with Crippen molar-refractivity contribution < 1.29 is 14.7 Å². The molecule has 0 aliphatic carbocycles. The normalized spacial score (nSPS) is 10.6. The van der Waals surface area contributed by atoms with Crippen LogP contribution in [0.3, 0.4) is 0 Å². The number of anilines is 1. The van der Waals surface area contributed by atoms with Gasteiger partial charge in [-0.1, -0.05) is 0 Å². The third kappa shape index (κ3) is 2.28. The number of H-pyrrole nitrogens is 1. The summed E-state index contributed by atoms with van der Waals surface area (Å²) >= 11 is 1.03. The molecule has 1 amide bonds. The van der Waals surface area contributed by atoms with E-state index in [2.05, 4.69) is 10.3 Å². The Morgan fingerprint density at radius 1 is 1.15 bits per heavy atom. The Hall–Kier alpha value is -2.60. The third-order valence-electron chi connectivity index (χ3n) is 2.87. The Kier molecular flexibility index (Phi) is 3.00. The fourth-order valence-electron chi connectivity index (χ4n) is 1.90. The number of benzene rings is 1. The summed E-state index contributed by atoms with van der Waals surface area (Å²) in [6.45, 7) is 0. The van der Waals surface area contributed by atoms with E-state index in [9.17, 15) is 9.59 Å². The molecule has 1 aromatic carbocycles. The van der Waals surface area contributed by atoms with Crippen molar-refractivity contribution in [3.63, 3.8) is 0 Å². The first-order valence-electron chi connectivity index (χ1n) is 5.85. The number of fused-ring (bicyclic) bond motifs is 1. The number of amides is 1. The molecule has 0 spiro atoms. The van der Waals surface area contributed by atoms with Gasteiger partial charge < -0.3 is 15.4 Å². The van der Waals surface area contributed by atoms with Crippen molar-refractivity contribution in [2.24, 2.45) is 0 Å². The fourth-order valence-corrected chi connectivity index (χ4v) is 2.64. The number of rotatable bonds is 3. The Labute approximate surface area is 117 Å². The number of thiophene rings is 1. The molecule has 6 heteroatoms. The van der Waals surface area contributed by atoms with Crippen LogP contribution in [0.15, 0.2) is 42.6 Å². The van der Waals surface area contributed by atoms with Crippen molar-refractivity contribution >= 4 is 39.1 Å². The second kappa shape index (κ2) is 4.82. The van der Waals surface area contributed by atoms with E-state index in [0.29, 0.717) is 10.6 Å². The van der Waals surface area contributed by atoms with Gasteiger partial charge >= 0.3 is 5.97 Å². The lowest BCUT2D eigenvalue weighted by atomic mass is 10.1. The predicted molar refractivity (Wildman–Crippen MR) is 77.5 cm³/mol. The van der Waals surface area contributed by atoms with E-state index in [-0.39, 0.29) is 10.8 Å². The van der Waals surface area contributed by atoms with Crippen molar-refractivity contribution in [2.45, 2.75) is 0 Å². The average Bonchev–Trinajstić information content (AvgIpc) is 3.05. The summed E-state index contributed by atoms with van der Waals surface area (Å²) in [5, 5.41) is 13.0. The van der Waals surface area contributed by atoms with Gasteiger partial charge in [0.05, 0.1) is 5.00 Å². The van der Waals surface area contributed by atoms with Crippen LogP contribution in [0, 0.1) is 0 Å². The lowest BCUT2D eigenvalue weighted by Gasteiger charge is -2.02. The molecule has 0 fully saturated rings. The predicted octanol–water partition coefficient (Wildman–Crippen LogP) is 3.18. The van der Waals surface area contributed by atoms with Crippen LogP contribution in [-0.4, -0.2) is 22.0 Å². The summed E-state index contributed by atoms with van der Waals surface area (Å²) in [7, 11) is 0.